The van der Waals surface area contributed by atoms with Gasteiger partial charge in [-0.2, -0.15) is 0 Å². The Hall–Kier alpha value is -1.10. The Morgan fingerprint density at radius 3 is 2.86 bits per heavy atom. The minimum atomic E-state index is 0.0466. The second kappa shape index (κ2) is 5.95. The molecule has 2 fully saturated rings. The molecule has 1 amide bonds. The van der Waals surface area contributed by atoms with Crippen molar-refractivity contribution in [1.29, 1.82) is 0 Å². The first kappa shape index (κ1) is 14.8. The Morgan fingerprint density at radius 1 is 1.29 bits per heavy atom. The first-order valence-corrected chi connectivity index (χ1v) is 7.76. The number of ether oxygens (including phenoxy) is 1. The Kier molecular flexibility index (Phi) is 4.20. The van der Waals surface area contributed by atoms with E-state index in [2.05, 4.69) is 11.9 Å². The van der Waals surface area contributed by atoms with Crippen LogP contribution in [-0.4, -0.2) is 61.6 Å². The second-order valence-electron chi connectivity index (χ2n) is 6.14. The molecule has 21 heavy (non-hydrogen) atoms. The monoisotopic (exact) mass is 308 g/mol. The molecule has 114 valence electrons. The van der Waals surface area contributed by atoms with E-state index in [4.69, 9.17) is 16.3 Å². The van der Waals surface area contributed by atoms with Crippen molar-refractivity contribution in [3.63, 3.8) is 0 Å². The highest BCUT2D eigenvalue weighted by Gasteiger charge is 2.34. The number of nitrogens with zero attached hydrogens (tertiary/aromatic N) is 2. The van der Waals surface area contributed by atoms with Gasteiger partial charge in [0.05, 0.1) is 29.8 Å². The van der Waals surface area contributed by atoms with E-state index in [0.717, 1.165) is 25.3 Å². The summed E-state index contributed by atoms with van der Waals surface area (Å²) in [5.41, 5.74) is 1.58. The van der Waals surface area contributed by atoms with Gasteiger partial charge in [-0.3, -0.25) is 9.69 Å². The molecule has 0 saturated carbocycles. The van der Waals surface area contributed by atoms with Gasteiger partial charge in [0.1, 0.15) is 0 Å². The first-order valence-electron chi connectivity index (χ1n) is 7.38. The smallest absolute Gasteiger partial charge is 0.255 e. The molecule has 5 heteroatoms. The summed E-state index contributed by atoms with van der Waals surface area (Å²) < 4.78 is 5.71. The van der Waals surface area contributed by atoms with Gasteiger partial charge in [-0.05, 0) is 25.6 Å². The van der Waals surface area contributed by atoms with Crippen molar-refractivity contribution >= 4 is 17.5 Å². The predicted molar refractivity (Wildman–Crippen MR) is 82.8 cm³/mol. The zero-order valence-corrected chi connectivity index (χ0v) is 13.3. The van der Waals surface area contributed by atoms with E-state index >= 15 is 0 Å². The van der Waals surface area contributed by atoms with Crippen LogP contribution < -0.4 is 0 Å². The van der Waals surface area contributed by atoms with Gasteiger partial charge >= 0.3 is 0 Å². The molecule has 3 rings (SSSR count). The highest BCUT2D eigenvalue weighted by molar-refractivity contribution is 6.34. The van der Waals surface area contributed by atoms with Crippen LogP contribution >= 0.6 is 11.6 Å². The van der Waals surface area contributed by atoms with Gasteiger partial charge in [0.2, 0.25) is 0 Å². The lowest BCUT2D eigenvalue weighted by molar-refractivity contribution is 0.0433. The molecule has 1 aromatic carbocycles. The number of hydrogen-bond donors (Lipinski definition) is 0. The molecule has 0 aromatic heterocycles. The number of carbonyl (C=O) groups is 1. The average Bonchev–Trinajstić information content (AvgIpc) is 2.66. The summed E-state index contributed by atoms with van der Waals surface area (Å²) in [6, 6.07) is 5.87. The van der Waals surface area contributed by atoms with Crippen molar-refractivity contribution in [3.05, 3.63) is 34.3 Å². The maximum Gasteiger partial charge on any atom is 0.255 e. The SMILES string of the molecule is Cc1cccc(Cl)c1C(=O)N1C[C@@H]2COC[C@H](C1)N(C)C2. The Labute approximate surface area is 130 Å². The van der Waals surface area contributed by atoms with E-state index in [1.165, 1.54) is 0 Å². The number of halogens is 1. The summed E-state index contributed by atoms with van der Waals surface area (Å²) in [5, 5.41) is 0.541. The first-order chi connectivity index (χ1) is 10.1. The van der Waals surface area contributed by atoms with Crippen LogP contribution in [0.25, 0.3) is 0 Å². The lowest BCUT2D eigenvalue weighted by Crippen LogP contribution is -2.45. The third kappa shape index (κ3) is 2.93. The van der Waals surface area contributed by atoms with Crippen molar-refractivity contribution in [2.75, 3.05) is 39.9 Å². The number of rotatable bonds is 1. The molecule has 0 spiro atoms. The van der Waals surface area contributed by atoms with Crippen LogP contribution in [0.15, 0.2) is 18.2 Å². The molecule has 2 saturated heterocycles. The van der Waals surface area contributed by atoms with E-state index in [9.17, 15) is 4.79 Å². The van der Waals surface area contributed by atoms with Crippen molar-refractivity contribution in [2.45, 2.75) is 13.0 Å². The van der Waals surface area contributed by atoms with Gasteiger partial charge in [0.25, 0.3) is 5.91 Å². The summed E-state index contributed by atoms with van der Waals surface area (Å²) in [6.07, 6.45) is 0. The normalized spacial score (nSPS) is 26.5. The number of hydrogen-bond acceptors (Lipinski definition) is 3. The second-order valence-corrected chi connectivity index (χ2v) is 6.55. The predicted octanol–water partition coefficient (Wildman–Crippen LogP) is 2.05. The van der Waals surface area contributed by atoms with Crippen molar-refractivity contribution in [3.8, 4) is 0 Å². The molecule has 2 atom stereocenters. The van der Waals surface area contributed by atoms with Crippen LogP contribution in [0.1, 0.15) is 15.9 Å². The van der Waals surface area contributed by atoms with Crippen LogP contribution in [0.3, 0.4) is 0 Å². The quantitative estimate of drug-likeness (QED) is 0.796. The standard InChI is InChI=1S/C16H21ClN2O2/c1-11-4-3-5-14(17)15(11)16(20)19-7-12-6-18(2)13(8-19)10-21-9-12/h3-5,12-13H,6-10H2,1-2H3/t12-,13+/m1/s1. The van der Waals surface area contributed by atoms with E-state index in [-0.39, 0.29) is 11.9 Å². The largest absolute Gasteiger partial charge is 0.379 e. The lowest BCUT2D eigenvalue weighted by Gasteiger charge is -2.30. The van der Waals surface area contributed by atoms with Gasteiger partial charge < -0.3 is 9.64 Å². The number of amides is 1. The fraction of sp³-hybridized carbons (Fsp3) is 0.562. The van der Waals surface area contributed by atoms with Gasteiger partial charge in [-0.15, -0.1) is 0 Å². The van der Waals surface area contributed by atoms with Crippen molar-refractivity contribution in [1.82, 2.24) is 9.80 Å². The van der Waals surface area contributed by atoms with Crippen LogP contribution in [0.4, 0.5) is 0 Å². The molecule has 2 heterocycles. The molecule has 0 N–H and O–H groups in total. The summed E-state index contributed by atoms with van der Waals surface area (Å²) in [6.45, 7) is 5.79. The van der Waals surface area contributed by atoms with E-state index in [0.29, 0.717) is 29.7 Å². The topological polar surface area (TPSA) is 32.8 Å². The lowest BCUT2D eigenvalue weighted by atomic mass is 10.1. The van der Waals surface area contributed by atoms with Crippen LogP contribution in [0.2, 0.25) is 5.02 Å². The fourth-order valence-electron chi connectivity index (χ4n) is 3.28. The molecule has 0 unspecified atom stereocenters. The molecular weight excluding hydrogens is 288 g/mol. The van der Waals surface area contributed by atoms with E-state index in [1.54, 1.807) is 6.07 Å². The fourth-order valence-corrected chi connectivity index (χ4v) is 3.58. The molecule has 1 aromatic rings. The third-order valence-corrected chi connectivity index (χ3v) is 4.78. The molecular formula is C16H21ClN2O2. The molecule has 2 aliphatic heterocycles. The zero-order valence-electron chi connectivity index (χ0n) is 12.5. The minimum Gasteiger partial charge on any atom is -0.379 e. The van der Waals surface area contributed by atoms with Gasteiger partial charge in [-0.1, -0.05) is 23.7 Å². The number of likely N-dealkylation sites (N-methyl/N-ethyl adjacent to an activating group) is 1. The maximum atomic E-state index is 12.9. The Bertz CT molecular complexity index is 529. The Morgan fingerprint density at radius 2 is 2.10 bits per heavy atom. The van der Waals surface area contributed by atoms with Gasteiger partial charge in [0, 0.05) is 25.6 Å². The summed E-state index contributed by atoms with van der Waals surface area (Å²) in [7, 11) is 2.11. The molecule has 0 aliphatic carbocycles. The maximum absolute atomic E-state index is 12.9. The van der Waals surface area contributed by atoms with Gasteiger partial charge in [-0.25, -0.2) is 0 Å². The number of fused-ring (bicyclic) bond motifs is 3. The highest BCUT2D eigenvalue weighted by Crippen LogP contribution is 2.25. The summed E-state index contributed by atoms with van der Waals surface area (Å²) in [4.78, 5) is 17.2. The van der Waals surface area contributed by atoms with Crippen LogP contribution in [-0.2, 0) is 4.74 Å². The average molecular weight is 309 g/mol. The summed E-state index contributed by atoms with van der Waals surface area (Å²) >= 11 is 6.25. The summed E-state index contributed by atoms with van der Waals surface area (Å²) in [5.74, 6) is 0.416. The van der Waals surface area contributed by atoms with Crippen molar-refractivity contribution < 1.29 is 9.53 Å². The molecule has 4 nitrogen and oxygen atoms in total. The molecule has 2 aliphatic rings. The molecule has 0 radical (unpaired) electrons. The van der Waals surface area contributed by atoms with E-state index < -0.39 is 0 Å². The third-order valence-electron chi connectivity index (χ3n) is 4.47. The van der Waals surface area contributed by atoms with Gasteiger partial charge in [0.15, 0.2) is 0 Å². The van der Waals surface area contributed by atoms with Crippen LogP contribution in [0.5, 0.6) is 0 Å². The number of aryl methyl sites for hydroxylation is 1. The van der Waals surface area contributed by atoms with E-state index in [1.807, 2.05) is 24.0 Å². The zero-order chi connectivity index (χ0) is 15.0. The molecule has 2 bridgehead atoms. The minimum absolute atomic E-state index is 0.0466. The highest BCUT2D eigenvalue weighted by atomic mass is 35.5. The Balaban J connectivity index is 1.88. The van der Waals surface area contributed by atoms with Crippen molar-refractivity contribution in [2.24, 2.45) is 5.92 Å². The van der Waals surface area contributed by atoms with Crippen LogP contribution in [0, 0.1) is 12.8 Å². The number of carbonyl (C=O) groups excluding carboxylic acids is 1. The number of benzene rings is 1.